The minimum absolute atomic E-state index is 0.290. The van der Waals surface area contributed by atoms with Crippen molar-refractivity contribution >= 4 is 22.6 Å². The van der Waals surface area contributed by atoms with Gasteiger partial charge in [-0.3, -0.25) is 0 Å². The van der Waals surface area contributed by atoms with Crippen molar-refractivity contribution in [2.45, 2.75) is 77.7 Å². The van der Waals surface area contributed by atoms with Gasteiger partial charge in [-0.1, -0.05) is 76.5 Å². The van der Waals surface area contributed by atoms with E-state index in [0.717, 1.165) is 18.4 Å². The summed E-state index contributed by atoms with van der Waals surface area (Å²) in [5.74, 6) is 0. The molecule has 1 unspecified atom stereocenters. The lowest BCUT2D eigenvalue weighted by Crippen LogP contribution is -2.01. The highest BCUT2D eigenvalue weighted by Gasteiger charge is 2.11. The molecule has 0 fully saturated rings. The summed E-state index contributed by atoms with van der Waals surface area (Å²) >= 11 is 2.35. The van der Waals surface area contributed by atoms with Crippen molar-refractivity contribution in [2.75, 3.05) is 0 Å². The fraction of sp³-hybridized carbons (Fsp3) is 0.667. The summed E-state index contributed by atoms with van der Waals surface area (Å²) in [7, 11) is 0. The Hall–Kier alpha value is -0.0900. The molecule has 114 valence electrons. The highest BCUT2D eigenvalue weighted by atomic mass is 127. The van der Waals surface area contributed by atoms with Gasteiger partial charge in [0.15, 0.2) is 0 Å². The molecule has 0 aliphatic rings. The molecule has 0 saturated carbocycles. The zero-order valence-electron chi connectivity index (χ0n) is 13.0. The van der Waals surface area contributed by atoms with Gasteiger partial charge in [-0.15, -0.1) is 0 Å². The monoisotopic (exact) mass is 388 g/mol. The number of hydrogen-bond acceptors (Lipinski definition) is 1. The van der Waals surface area contributed by atoms with Gasteiger partial charge in [0.2, 0.25) is 0 Å². The summed E-state index contributed by atoms with van der Waals surface area (Å²) < 4.78 is 1.22. The van der Waals surface area contributed by atoms with Crippen LogP contribution in [0.5, 0.6) is 0 Å². The predicted molar refractivity (Wildman–Crippen MR) is 96.1 cm³/mol. The third-order valence-corrected chi connectivity index (χ3v) is 5.39. The van der Waals surface area contributed by atoms with E-state index in [9.17, 15) is 5.11 Å². The molecule has 1 aromatic rings. The van der Waals surface area contributed by atoms with E-state index in [2.05, 4.69) is 48.6 Å². The van der Waals surface area contributed by atoms with E-state index in [-0.39, 0.29) is 6.10 Å². The zero-order valence-corrected chi connectivity index (χ0v) is 15.2. The van der Waals surface area contributed by atoms with Gasteiger partial charge in [-0.25, -0.2) is 0 Å². The van der Waals surface area contributed by atoms with Crippen LogP contribution in [-0.4, -0.2) is 5.11 Å². The first kappa shape index (κ1) is 18.0. The smallest absolute Gasteiger partial charge is 0.0800 e. The van der Waals surface area contributed by atoms with Crippen LogP contribution >= 0.6 is 22.6 Å². The molecule has 1 aromatic carbocycles. The van der Waals surface area contributed by atoms with E-state index in [1.807, 2.05) is 6.07 Å². The van der Waals surface area contributed by atoms with Crippen LogP contribution in [0, 0.1) is 10.5 Å². The summed E-state index contributed by atoms with van der Waals surface area (Å²) in [6.45, 7) is 4.36. The molecule has 1 nitrogen and oxygen atoms in total. The number of benzene rings is 1. The standard InChI is InChI=1S/C18H29IO/c1-3-4-5-6-7-8-9-10-14-17(20)16-13-11-12-15(2)18(16)19/h11-13,17,20H,3-10,14H2,1-2H3. The van der Waals surface area contributed by atoms with Crippen molar-refractivity contribution in [1.29, 1.82) is 0 Å². The molecule has 0 aliphatic heterocycles. The second-order valence-corrected chi connectivity index (χ2v) is 6.84. The number of aryl methyl sites for hydroxylation is 1. The van der Waals surface area contributed by atoms with E-state index in [4.69, 9.17) is 0 Å². The molecule has 0 aliphatic carbocycles. The van der Waals surface area contributed by atoms with E-state index >= 15 is 0 Å². The van der Waals surface area contributed by atoms with Gasteiger partial charge in [0.05, 0.1) is 6.10 Å². The SMILES string of the molecule is CCCCCCCCCCC(O)c1cccc(C)c1I. The molecule has 0 amide bonds. The average molecular weight is 388 g/mol. The van der Waals surface area contributed by atoms with Crippen LogP contribution in [0.2, 0.25) is 0 Å². The van der Waals surface area contributed by atoms with Crippen LogP contribution in [0.4, 0.5) is 0 Å². The summed E-state index contributed by atoms with van der Waals surface area (Å²) in [5, 5.41) is 10.3. The molecule has 0 aromatic heterocycles. The van der Waals surface area contributed by atoms with Gasteiger partial charge in [0, 0.05) is 3.57 Å². The summed E-state index contributed by atoms with van der Waals surface area (Å²) in [4.78, 5) is 0. The lowest BCUT2D eigenvalue weighted by molar-refractivity contribution is 0.162. The summed E-state index contributed by atoms with van der Waals surface area (Å²) in [5.41, 5.74) is 2.37. The normalized spacial score (nSPS) is 12.6. The number of halogens is 1. The summed E-state index contributed by atoms with van der Waals surface area (Å²) in [6.07, 6.45) is 11.2. The van der Waals surface area contributed by atoms with Gasteiger partial charge >= 0.3 is 0 Å². The molecule has 20 heavy (non-hydrogen) atoms. The summed E-state index contributed by atoms with van der Waals surface area (Å²) in [6, 6.07) is 6.21. The molecule has 1 rings (SSSR count). The Bertz CT molecular complexity index is 376. The second-order valence-electron chi connectivity index (χ2n) is 5.76. The maximum Gasteiger partial charge on any atom is 0.0800 e. The van der Waals surface area contributed by atoms with Crippen molar-refractivity contribution in [3.05, 3.63) is 32.9 Å². The van der Waals surface area contributed by atoms with Crippen molar-refractivity contribution in [3.8, 4) is 0 Å². The first-order chi connectivity index (χ1) is 9.66. The zero-order chi connectivity index (χ0) is 14.8. The van der Waals surface area contributed by atoms with Gasteiger partial charge in [-0.2, -0.15) is 0 Å². The lowest BCUT2D eigenvalue weighted by atomic mass is 10.0. The van der Waals surface area contributed by atoms with Crippen molar-refractivity contribution in [3.63, 3.8) is 0 Å². The van der Waals surface area contributed by atoms with Crippen LogP contribution in [-0.2, 0) is 0 Å². The van der Waals surface area contributed by atoms with E-state index < -0.39 is 0 Å². The third-order valence-electron chi connectivity index (χ3n) is 3.91. The van der Waals surface area contributed by atoms with E-state index in [1.54, 1.807) is 0 Å². The fourth-order valence-corrected chi connectivity index (χ4v) is 3.27. The first-order valence-electron chi connectivity index (χ1n) is 8.10. The molecule has 1 atom stereocenters. The average Bonchev–Trinajstić information content (AvgIpc) is 2.44. The van der Waals surface area contributed by atoms with Gasteiger partial charge in [0.25, 0.3) is 0 Å². The van der Waals surface area contributed by atoms with Crippen molar-refractivity contribution in [2.24, 2.45) is 0 Å². The minimum Gasteiger partial charge on any atom is -0.388 e. The molecule has 0 bridgehead atoms. The van der Waals surface area contributed by atoms with Gasteiger partial charge in [-0.05, 0) is 47.1 Å². The van der Waals surface area contributed by atoms with Crippen LogP contribution in [0.3, 0.4) is 0 Å². The topological polar surface area (TPSA) is 20.2 Å². The maximum atomic E-state index is 10.3. The molecular formula is C18H29IO. The Morgan fingerprint density at radius 3 is 2.25 bits per heavy atom. The highest BCUT2D eigenvalue weighted by molar-refractivity contribution is 14.1. The number of unbranched alkanes of at least 4 members (excludes halogenated alkanes) is 7. The second kappa shape index (κ2) is 10.6. The molecule has 2 heteroatoms. The Labute approximate surface area is 138 Å². The van der Waals surface area contributed by atoms with Gasteiger partial charge in [0.1, 0.15) is 0 Å². The van der Waals surface area contributed by atoms with Crippen LogP contribution in [0.1, 0.15) is 81.9 Å². The maximum absolute atomic E-state index is 10.3. The number of rotatable bonds is 10. The third kappa shape index (κ3) is 6.57. The molecule has 1 N–H and O–H groups in total. The number of aliphatic hydroxyl groups is 1. The quantitative estimate of drug-likeness (QED) is 0.376. The fourth-order valence-electron chi connectivity index (χ4n) is 2.55. The Morgan fingerprint density at radius 2 is 1.60 bits per heavy atom. The van der Waals surface area contributed by atoms with Gasteiger partial charge < -0.3 is 5.11 Å². The lowest BCUT2D eigenvalue weighted by Gasteiger charge is -2.14. The Balaban J connectivity index is 2.17. The van der Waals surface area contributed by atoms with Crippen molar-refractivity contribution < 1.29 is 5.11 Å². The largest absolute Gasteiger partial charge is 0.388 e. The predicted octanol–water partition coefficient (Wildman–Crippen LogP) is 6.16. The van der Waals surface area contributed by atoms with Crippen LogP contribution in [0.15, 0.2) is 18.2 Å². The minimum atomic E-state index is -0.290. The molecule has 0 heterocycles. The number of aliphatic hydroxyl groups excluding tert-OH is 1. The van der Waals surface area contributed by atoms with Crippen molar-refractivity contribution in [1.82, 2.24) is 0 Å². The molecule has 0 radical (unpaired) electrons. The van der Waals surface area contributed by atoms with E-state index in [0.29, 0.717) is 0 Å². The van der Waals surface area contributed by atoms with Crippen LogP contribution in [0.25, 0.3) is 0 Å². The molecule has 0 saturated heterocycles. The molecular weight excluding hydrogens is 359 g/mol. The number of hydrogen-bond donors (Lipinski definition) is 1. The Morgan fingerprint density at radius 1 is 1.00 bits per heavy atom. The van der Waals surface area contributed by atoms with E-state index in [1.165, 1.54) is 54.1 Å². The Kier molecular flexibility index (Phi) is 9.53. The molecule has 0 spiro atoms. The first-order valence-corrected chi connectivity index (χ1v) is 9.17. The van der Waals surface area contributed by atoms with Crippen LogP contribution < -0.4 is 0 Å². The highest BCUT2D eigenvalue weighted by Crippen LogP contribution is 2.26.